The van der Waals surface area contributed by atoms with Gasteiger partial charge >= 0.3 is 6.18 Å². The molecule has 0 radical (unpaired) electrons. The Morgan fingerprint density at radius 2 is 1.94 bits per heavy atom. The van der Waals surface area contributed by atoms with E-state index in [-0.39, 0.29) is 28.9 Å². The van der Waals surface area contributed by atoms with Gasteiger partial charge in [0.05, 0.1) is 28.0 Å². The van der Waals surface area contributed by atoms with Crippen molar-refractivity contribution in [1.82, 2.24) is 23.8 Å². The van der Waals surface area contributed by atoms with Gasteiger partial charge < -0.3 is 9.80 Å². The number of hydrogen-bond acceptors (Lipinski definition) is 7. The first-order chi connectivity index (χ1) is 14.6. The van der Waals surface area contributed by atoms with E-state index in [9.17, 15) is 22.8 Å². The summed E-state index contributed by atoms with van der Waals surface area (Å²) in [5.41, 5.74) is -0.653. The number of pyridine rings is 1. The van der Waals surface area contributed by atoms with Gasteiger partial charge in [-0.1, -0.05) is 11.6 Å². The molecule has 13 heteroatoms. The van der Waals surface area contributed by atoms with Crippen molar-refractivity contribution < 1.29 is 18.0 Å². The molecule has 1 fully saturated rings. The van der Waals surface area contributed by atoms with E-state index >= 15 is 0 Å². The number of aryl methyl sites for hydroxylation is 1. The highest BCUT2D eigenvalue weighted by Crippen LogP contribution is 2.33. The van der Waals surface area contributed by atoms with Crippen molar-refractivity contribution in [3.05, 3.63) is 45.2 Å². The first kappa shape index (κ1) is 21.5. The Morgan fingerprint density at radius 3 is 2.58 bits per heavy atom. The summed E-state index contributed by atoms with van der Waals surface area (Å²) in [5.74, 6) is -0.0108. The Bertz CT molecular complexity index is 1200. The molecule has 0 N–H and O–H groups in total. The average Bonchev–Trinajstić information content (AvgIpc) is 3.11. The van der Waals surface area contributed by atoms with Gasteiger partial charge in [-0.3, -0.25) is 14.2 Å². The summed E-state index contributed by atoms with van der Waals surface area (Å²) in [6, 6.07) is 0.845. The number of aromatic nitrogens is 4. The number of anilines is 1. The van der Waals surface area contributed by atoms with Crippen molar-refractivity contribution in [2.24, 2.45) is 0 Å². The van der Waals surface area contributed by atoms with Crippen molar-refractivity contribution in [2.75, 3.05) is 31.1 Å². The molecule has 4 rings (SSSR count). The first-order valence-electron chi connectivity index (χ1n) is 9.22. The Morgan fingerprint density at radius 1 is 1.23 bits per heavy atom. The standard InChI is InChI=1S/C18H16ClF3N6O2S/c1-10-14-16(31-25-10)24-9-28(17(14)30)8-13(29)26-2-4-27(5-3-26)15-12(19)6-11(7-23-15)18(20,21)22/h6-7,9H,2-5,8H2,1H3. The van der Waals surface area contributed by atoms with Gasteiger partial charge in [-0.05, 0) is 24.5 Å². The van der Waals surface area contributed by atoms with Gasteiger partial charge in [0.1, 0.15) is 12.4 Å². The van der Waals surface area contributed by atoms with Crippen LogP contribution >= 0.6 is 23.1 Å². The van der Waals surface area contributed by atoms with Crippen LogP contribution in [0, 0.1) is 6.92 Å². The normalized spacial score (nSPS) is 15.0. The highest BCUT2D eigenvalue weighted by molar-refractivity contribution is 7.12. The summed E-state index contributed by atoms with van der Waals surface area (Å²) in [6.07, 6.45) is -2.44. The summed E-state index contributed by atoms with van der Waals surface area (Å²) < 4.78 is 43.7. The van der Waals surface area contributed by atoms with E-state index in [1.807, 2.05) is 0 Å². The minimum absolute atomic E-state index is 0.0970. The number of alkyl halides is 3. The van der Waals surface area contributed by atoms with Crippen molar-refractivity contribution in [1.29, 1.82) is 0 Å². The topological polar surface area (TPSA) is 84.2 Å². The number of hydrogen-bond donors (Lipinski definition) is 0. The maximum atomic E-state index is 12.8. The van der Waals surface area contributed by atoms with E-state index in [0.717, 1.165) is 23.8 Å². The van der Waals surface area contributed by atoms with Gasteiger partial charge in [-0.15, -0.1) is 0 Å². The Hall–Kier alpha value is -2.73. The molecule has 3 aromatic rings. The van der Waals surface area contributed by atoms with Crippen LogP contribution < -0.4 is 10.5 Å². The lowest BCUT2D eigenvalue weighted by molar-refractivity contribution is -0.138. The number of carbonyl (C=O) groups excluding carboxylic acids is 1. The highest BCUT2D eigenvalue weighted by Gasteiger charge is 2.32. The summed E-state index contributed by atoms with van der Waals surface area (Å²) in [6.45, 7) is 2.90. The molecule has 0 bridgehead atoms. The number of carbonyl (C=O) groups is 1. The van der Waals surface area contributed by atoms with Crippen LogP contribution in [0.2, 0.25) is 5.02 Å². The zero-order valence-electron chi connectivity index (χ0n) is 16.2. The number of halogens is 4. The van der Waals surface area contributed by atoms with E-state index < -0.39 is 11.7 Å². The second-order valence-electron chi connectivity index (χ2n) is 7.02. The van der Waals surface area contributed by atoms with Crippen LogP contribution in [0.1, 0.15) is 11.3 Å². The van der Waals surface area contributed by atoms with Crippen LogP contribution in [0.4, 0.5) is 19.0 Å². The van der Waals surface area contributed by atoms with E-state index in [1.165, 1.54) is 10.9 Å². The zero-order valence-corrected chi connectivity index (χ0v) is 17.8. The minimum atomic E-state index is -4.52. The molecule has 164 valence electrons. The molecule has 0 aliphatic carbocycles. The van der Waals surface area contributed by atoms with Crippen LogP contribution in [0.15, 0.2) is 23.4 Å². The Kier molecular flexibility index (Phi) is 5.60. The minimum Gasteiger partial charge on any atom is -0.352 e. The summed E-state index contributed by atoms with van der Waals surface area (Å²) >= 11 is 7.14. The molecule has 1 amide bonds. The van der Waals surface area contributed by atoms with Crippen LogP contribution in [0.3, 0.4) is 0 Å². The first-order valence-corrected chi connectivity index (χ1v) is 10.4. The van der Waals surface area contributed by atoms with E-state index in [0.29, 0.717) is 42.1 Å². The molecule has 0 spiro atoms. The van der Waals surface area contributed by atoms with Crippen molar-refractivity contribution >= 4 is 45.1 Å². The third-order valence-electron chi connectivity index (χ3n) is 5.02. The fourth-order valence-electron chi connectivity index (χ4n) is 3.35. The summed E-state index contributed by atoms with van der Waals surface area (Å²) in [4.78, 5) is 37.2. The van der Waals surface area contributed by atoms with Gasteiger partial charge in [-0.25, -0.2) is 9.97 Å². The molecule has 0 aromatic carbocycles. The van der Waals surface area contributed by atoms with Gasteiger partial charge in [0.15, 0.2) is 4.83 Å². The lowest BCUT2D eigenvalue weighted by Crippen LogP contribution is -2.50. The maximum Gasteiger partial charge on any atom is 0.417 e. The Labute approximate surface area is 183 Å². The van der Waals surface area contributed by atoms with Gasteiger partial charge in [-0.2, -0.15) is 17.5 Å². The third-order valence-corrected chi connectivity index (χ3v) is 6.15. The number of nitrogens with zero attached hydrogens (tertiary/aromatic N) is 6. The number of fused-ring (bicyclic) bond motifs is 1. The van der Waals surface area contributed by atoms with Gasteiger partial charge in [0, 0.05) is 32.4 Å². The molecule has 0 atom stereocenters. The smallest absolute Gasteiger partial charge is 0.352 e. The van der Waals surface area contributed by atoms with Crippen molar-refractivity contribution in [3.8, 4) is 0 Å². The SMILES string of the molecule is Cc1nsc2ncn(CC(=O)N3CCN(c4ncc(C(F)(F)F)cc4Cl)CC3)c(=O)c12. The molecule has 0 saturated carbocycles. The van der Waals surface area contributed by atoms with Crippen molar-refractivity contribution in [2.45, 2.75) is 19.6 Å². The Balaban J connectivity index is 1.42. The number of rotatable bonds is 3. The molecule has 1 aliphatic rings. The zero-order chi connectivity index (χ0) is 22.3. The maximum absolute atomic E-state index is 12.8. The number of piperazine rings is 1. The second kappa shape index (κ2) is 8.08. The molecule has 31 heavy (non-hydrogen) atoms. The lowest BCUT2D eigenvalue weighted by atomic mass is 10.2. The summed E-state index contributed by atoms with van der Waals surface area (Å²) in [5, 5.41) is 0.313. The van der Waals surface area contributed by atoms with Crippen LogP contribution in [0.25, 0.3) is 10.2 Å². The quantitative estimate of drug-likeness (QED) is 0.582. The lowest BCUT2D eigenvalue weighted by Gasteiger charge is -2.35. The third kappa shape index (κ3) is 4.22. The predicted octanol–water partition coefficient (Wildman–Crippen LogP) is 2.58. The van der Waals surface area contributed by atoms with Crippen LogP contribution in [0.5, 0.6) is 0 Å². The fraction of sp³-hybridized carbons (Fsp3) is 0.389. The molecule has 0 unspecified atom stereocenters. The molecule has 1 saturated heterocycles. The fourth-order valence-corrected chi connectivity index (χ4v) is 4.38. The molecular formula is C18H16ClF3N6O2S. The van der Waals surface area contributed by atoms with Gasteiger partial charge in [0.2, 0.25) is 5.91 Å². The second-order valence-corrected chi connectivity index (χ2v) is 8.18. The van der Waals surface area contributed by atoms with Crippen LogP contribution in [-0.4, -0.2) is 55.9 Å². The van der Waals surface area contributed by atoms with Gasteiger partial charge in [0.25, 0.3) is 5.56 Å². The number of amides is 1. The molecule has 4 heterocycles. The average molecular weight is 473 g/mol. The molecular weight excluding hydrogens is 457 g/mol. The molecule has 1 aliphatic heterocycles. The van der Waals surface area contributed by atoms with E-state index in [1.54, 1.807) is 16.7 Å². The highest BCUT2D eigenvalue weighted by atomic mass is 35.5. The molecule has 3 aromatic heterocycles. The largest absolute Gasteiger partial charge is 0.417 e. The van der Waals surface area contributed by atoms with Crippen LogP contribution in [-0.2, 0) is 17.5 Å². The van der Waals surface area contributed by atoms with E-state index in [2.05, 4.69) is 14.3 Å². The predicted molar refractivity (Wildman–Crippen MR) is 109 cm³/mol. The van der Waals surface area contributed by atoms with Crippen molar-refractivity contribution in [3.63, 3.8) is 0 Å². The summed E-state index contributed by atoms with van der Waals surface area (Å²) in [7, 11) is 0. The van der Waals surface area contributed by atoms with E-state index in [4.69, 9.17) is 11.6 Å². The monoisotopic (exact) mass is 472 g/mol. The molecule has 8 nitrogen and oxygen atoms in total.